The molecule has 0 saturated carbocycles. The number of thiophene rings is 1. The molecule has 6 heteroatoms. The smallest absolute Gasteiger partial charge is 0.412 e. The van der Waals surface area contributed by atoms with E-state index in [1.807, 2.05) is 18.4 Å². The van der Waals surface area contributed by atoms with E-state index in [9.17, 15) is 14.3 Å². The highest BCUT2D eigenvalue weighted by Gasteiger charge is 2.19. The van der Waals surface area contributed by atoms with Gasteiger partial charge in [0, 0.05) is 11.4 Å². The van der Waals surface area contributed by atoms with E-state index in [1.54, 1.807) is 0 Å². The van der Waals surface area contributed by atoms with E-state index in [0.717, 1.165) is 10.4 Å². The van der Waals surface area contributed by atoms with Crippen LogP contribution < -0.4 is 10.6 Å². The first-order valence-electron chi connectivity index (χ1n) is 6.05. The summed E-state index contributed by atoms with van der Waals surface area (Å²) in [5.74, 6) is -0.424. The van der Waals surface area contributed by atoms with Gasteiger partial charge in [0.25, 0.3) is 0 Å². The Kier molecular flexibility index (Phi) is 4.36. The number of benzene rings is 1. The van der Waals surface area contributed by atoms with Crippen molar-refractivity contribution < 1.29 is 14.3 Å². The Hall–Kier alpha value is -1.92. The van der Waals surface area contributed by atoms with Crippen molar-refractivity contribution in [1.29, 1.82) is 0 Å². The Balaban J connectivity index is 2.39. The van der Waals surface area contributed by atoms with Gasteiger partial charge in [0.1, 0.15) is 5.82 Å². The van der Waals surface area contributed by atoms with Gasteiger partial charge in [-0.25, -0.2) is 9.18 Å². The van der Waals surface area contributed by atoms with Gasteiger partial charge in [0.2, 0.25) is 0 Å². The summed E-state index contributed by atoms with van der Waals surface area (Å²) in [5.41, 5.74) is 7.52. The van der Waals surface area contributed by atoms with Crippen LogP contribution in [0.4, 0.5) is 14.9 Å². The number of amides is 1. The maximum Gasteiger partial charge on any atom is 0.412 e. The third kappa shape index (κ3) is 2.97. The van der Waals surface area contributed by atoms with E-state index in [4.69, 9.17) is 5.73 Å². The summed E-state index contributed by atoms with van der Waals surface area (Å²) in [6.07, 6.45) is -1.08. The number of nitrogens with zero attached hydrogens (tertiary/aromatic N) is 1. The number of carboxylic acid groups (broad SMARTS) is 1. The molecule has 1 aromatic carbocycles. The average molecular weight is 294 g/mol. The number of rotatable bonds is 4. The molecule has 4 nitrogen and oxygen atoms in total. The van der Waals surface area contributed by atoms with Gasteiger partial charge in [-0.2, -0.15) is 0 Å². The van der Waals surface area contributed by atoms with Crippen LogP contribution in [-0.4, -0.2) is 11.2 Å². The van der Waals surface area contributed by atoms with Crippen molar-refractivity contribution in [2.75, 3.05) is 4.90 Å². The molecule has 1 amide bonds. The molecule has 1 heterocycles. The maximum absolute atomic E-state index is 13.2. The molecule has 0 radical (unpaired) electrons. The third-order valence-electron chi connectivity index (χ3n) is 3.05. The molecule has 0 aliphatic heterocycles. The van der Waals surface area contributed by atoms with Crippen molar-refractivity contribution in [3.63, 3.8) is 0 Å². The second-order valence-corrected chi connectivity index (χ2v) is 5.37. The molecular formula is C14H15FN2O2S. The summed E-state index contributed by atoms with van der Waals surface area (Å²) in [7, 11) is 0. The van der Waals surface area contributed by atoms with Crippen molar-refractivity contribution in [3.8, 4) is 0 Å². The van der Waals surface area contributed by atoms with Crippen molar-refractivity contribution in [3.05, 3.63) is 51.5 Å². The van der Waals surface area contributed by atoms with Crippen LogP contribution in [0.3, 0.4) is 0 Å². The van der Waals surface area contributed by atoms with Crippen LogP contribution in [0.5, 0.6) is 0 Å². The van der Waals surface area contributed by atoms with E-state index in [0.29, 0.717) is 11.3 Å². The van der Waals surface area contributed by atoms with Crippen LogP contribution in [0, 0.1) is 12.7 Å². The summed E-state index contributed by atoms with van der Waals surface area (Å²) < 4.78 is 13.2. The normalized spacial score (nSPS) is 10.6. The average Bonchev–Trinajstić information content (AvgIpc) is 2.81. The van der Waals surface area contributed by atoms with E-state index in [2.05, 4.69) is 0 Å². The fraction of sp³-hybridized carbons (Fsp3) is 0.214. The van der Waals surface area contributed by atoms with E-state index >= 15 is 0 Å². The summed E-state index contributed by atoms with van der Waals surface area (Å²) in [6, 6.07) is 5.90. The maximum atomic E-state index is 13.2. The van der Waals surface area contributed by atoms with Gasteiger partial charge < -0.3 is 10.8 Å². The zero-order chi connectivity index (χ0) is 14.7. The van der Waals surface area contributed by atoms with Crippen LogP contribution >= 0.6 is 11.3 Å². The minimum absolute atomic E-state index is 0.0836. The lowest BCUT2D eigenvalue weighted by Gasteiger charge is -2.22. The van der Waals surface area contributed by atoms with Gasteiger partial charge in [0.05, 0.1) is 12.2 Å². The molecule has 0 saturated heterocycles. The second-order valence-electron chi connectivity index (χ2n) is 4.37. The molecule has 0 fully saturated rings. The summed E-state index contributed by atoms with van der Waals surface area (Å²) in [5, 5.41) is 11.3. The molecule has 1 aromatic heterocycles. The number of nitrogens with two attached hydrogens (primary N) is 1. The SMILES string of the molecule is Cc1ccsc1CN(C(=O)O)c1ccc(F)cc1CN. The zero-order valence-electron chi connectivity index (χ0n) is 11.0. The highest BCUT2D eigenvalue weighted by Crippen LogP contribution is 2.26. The molecule has 0 spiro atoms. The second kappa shape index (κ2) is 6.02. The Morgan fingerprint density at radius 2 is 2.20 bits per heavy atom. The quantitative estimate of drug-likeness (QED) is 0.909. The Bertz CT molecular complexity index is 627. The summed E-state index contributed by atoms with van der Waals surface area (Å²) in [4.78, 5) is 13.6. The Labute approximate surface area is 120 Å². The van der Waals surface area contributed by atoms with Gasteiger partial charge in [-0.3, -0.25) is 4.90 Å². The first-order valence-corrected chi connectivity index (χ1v) is 6.93. The van der Waals surface area contributed by atoms with Crippen LogP contribution in [0.25, 0.3) is 0 Å². The predicted octanol–water partition coefficient (Wildman–Crippen LogP) is 3.34. The highest BCUT2D eigenvalue weighted by atomic mass is 32.1. The lowest BCUT2D eigenvalue weighted by atomic mass is 10.1. The van der Waals surface area contributed by atoms with Gasteiger partial charge >= 0.3 is 6.09 Å². The highest BCUT2D eigenvalue weighted by molar-refractivity contribution is 7.10. The number of hydrogen-bond donors (Lipinski definition) is 2. The predicted molar refractivity (Wildman–Crippen MR) is 77.6 cm³/mol. The molecule has 2 aromatic rings. The first-order chi connectivity index (χ1) is 9.52. The minimum atomic E-state index is -1.08. The van der Waals surface area contributed by atoms with Gasteiger partial charge in [-0.1, -0.05) is 0 Å². The molecule has 106 valence electrons. The van der Waals surface area contributed by atoms with Crippen molar-refractivity contribution >= 4 is 23.1 Å². The summed E-state index contributed by atoms with van der Waals surface area (Å²) in [6.45, 7) is 2.25. The van der Waals surface area contributed by atoms with Crippen LogP contribution in [0.15, 0.2) is 29.6 Å². The van der Waals surface area contributed by atoms with Crippen molar-refractivity contribution in [2.24, 2.45) is 5.73 Å². The standard InChI is InChI=1S/C14H15FN2O2S/c1-9-4-5-20-13(9)8-17(14(18)19)12-3-2-11(15)6-10(12)7-16/h2-6H,7-8,16H2,1H3,(H,18,19). The molecule has 0 bridgehead atoms. The van der Waals surface area contributed by atoms with E-state index in [-0.39, 0.29) is 13.1 Å². The van der Waals surface area contributed by atoms with Crippen molar-refractivity contribution in [2.45, 2.75) is 20.0 Å². The lowest BCUT2D eigenvalue weighted by molar-refractivity contribution is 0.201. The fourth-order valence-corrected chi connectivity index (χ4v) is 2.84. The molecule has 0 aliphatic rings. The number of carbonyl (C=O) groups is 1. The minimum Gasteiger partial charge on any atom is -0.465 e. The molecule has 20 heavy (non-hydrogen) atoms. The Morgan fingerprint density at radius 1 is 1.45 bits per heavy atom. The fourth-order valence-electron chi connectivity index (χ4n) is 1.95. The molecule has 2 rings (SSSR count). The zero-order valence-corrected chi connectivity index (χ0v) is 11.8. The topological polar surface area (TPSA) is 66.6 Å². The molecule has 0 atom stereocenters. The van der Waals surface area contributed by atoms with Crippen molar-refractivity contribution in [1.82, 2.24) is 0 Å². The number of aryl methyl sites for hydroxylation is 1. The lowest BCUT2D eigenvalue weighted by Crippen LogP contribution is -2.29. The van der Waals surface area contributed by atoms with E-state index in [1.165, 1.54) is 34.4 Å². The summed E-state index contributed by atoms with van der Waals surface area (Å²) >= 11 is 1.50. The third-order valence-corrected chi connectivity index (χ3v) is 4.06. The van der Waals surface area contributed by atoms with Crippen LogP contribution in [0.1, 0.15) is 16.0 Å². The molecule has 0 unspecified atom stereocenters. The first kappa shape index (κ1) is 14.5. The largest absolute Gasteiger partial charge is 0.465 e. The van der Waals surface area contributed by atoms with Gasteiger partial charge in [-0.05, 0) is 47.7 Å². The molecular weight excluding hydrogens is 279 g/mol. The number of hydrogen-bond acceptors (Lipinski definition) is 3. The Morgan fingerprint density at radius 3 is 2.75 bits per heavy atom. The monoisotopic (exact) mass is 294 g/mol. The van der Waals surface area contributed by atoms with E-state index < -0.39 is 11.9 Å². The molecule has 3 N–H and O–H groups in total. The van der Waals surface area contributed by atoms with Gasteiger partial charge in [0.15, 0.2) is 0 Å². The van der Waals surface area contributed by atoms with Crippen LogP contribution in [0.2, 0.25) is 0 Å². The number of anilines is 1. The number of halogens is 1. The van der Waals surface area contributed by atoms with Gasteiger partial charge in [-0.15, -0.1) is 11.3 Å². The van der Waals surface area contributed by atoms with Crippen LogP contribution in [-0.2, 0) is 13.1 Å². The molecule has 0 aliphatic carbocycles.